The molecule has 0 bridgehead atoms. The van der Waals surface area contributed by atoms with Crippen LogP contribution in [0.5, 0.6) is 11.6 Å². The fourth-order valence-corrected chi connectivity index (χ4v) is 8.44. The number of aromatic nitrogens is 1. The number of carbonyl (C=O) groups excluding carboxylic acids is 3. The molecule has 4 aliphatic rings. The Morgan fingerprint density at radius 3 is 2.65 bits per heavy atom. The lowest BCUT2D eigenvalue weighted by Gasteiger charge is -2.32. The number of carboxylic acid groups (broad SMARTS) is 1. The van der Waals surface area contributed by atoms with Gasteiger partial charge in [-0.3, -0.25) is 19.1 Å². The number of methoxy groups -OCH3 is 2. The van der Waals surface area contributed by atoms with Crippen LogP contribution < -0.4 is 24.8 Å². The van der Waals surface area contributed by atoms with E-state index >= 15 is 0 Å². The highest BCUT2D eigenvalue weighted by atomic mass is 32.2. The van der Waals surface area contributed by atoms with Crippen molar-refractivity contribution in [2.45, 2.75) is 86.8 Å². The van der Waals surface area contributed by atoms with Crippen molar-refractivity contribution in [2.24, 2.45) is 11.8 Å². The first-order valence-electron chi connectivity index (χ1n) is 17.2. The number of amides is 4. The standard InChI is InChI=1S/C35H45N5O10S/c1-34(13-14-34)51(46,47)39-32(43)35-18-23(35)9-7-5-4-6-8-22(20-48-2)28(37-33(44)45)31(42)40-19-25(17-27(40)29(41)38-35)50-30-26-11-10-24(49-3)16-21(26)12-15-36-30/h7,9-12,15-16,22-23,25,27-28,37H,4-6,8,13-14,17-20H2,1-3H3,(H,38,41)(H,39,43)(H,44,45)/t22-,23+,25+,27-,28-,35+/m0/s1. The van der Waals surface area contributed by atoms with E-state index < -0.39 is 74.1 Å². The summed E-state index contributed by atoms with van der Waals surface area (Å²) in [4.78, 5) is 60.2. The van der Waals surface area contributed by atoms with Crippen molar-refractivity contribution < 1.29 is 46.9 Å². The number of nitrogens with one attached hydrogen (secondary N) is 3. The molecule has 3 heterocycles. The third-order valence-electron chi connectivity index (χ3n) is 10.6. The monoisotopic (exact) mass is 727 g/mol. The smallest absolute Gasteiger partial charge is 0.405 e. The zero-order valence-electron chi connectivity index (χ0n) is 28.9. The van der Waals surface area contributed by atoms with E-state index in [2.05, 4.69) is 20.3 Å². The Labute approximate surface area is 296 Å². The van der Waals surface area contributed by atoms with Gasteiger partial charge in [0.05, 0.1) is 25.0 Å². The van der Waals surface area contributed by atoms with Crippen LogP contribution >= 0.6 is 0 Å². The Balaban J connectivity index is 1.34. The minimum Gasteiger partial charge on any atom is -0.497 e. The lowest BCUT2D eigenvalue weighted by molar-refractivity contribution is -0.142. The minimum absolute atomic E-state index is 0.00485. The van der Waals surface area contributed by atoms with Crippen molar-refractivity contribution in [3.63, 3.8) is 0 Å². The van der Waals surface area contributed by atoms with E-state index in [9.17, 15) is 32.7 Å². The number of allylic oxidation sites excluding steroid dienone is 1. The molecule has 276 valence electrons. The van der Waals surface area contributed by atoms with Crippen LogP contribution in [0, 0.1) is 11.8 Å². The summed E-state index contributed by atoms with van der Waals surface area (Å²) in [5.74, 6) is -2.23. The maximum absolute atomic E-state index is 14.4. The summed E-state index contributed by atoms with van der Waals surface area (Å²) < 4.78 is 44.5. The van der Waals surface area contributed by atoms with E-state index in [-0.39, 0.29) is 31.9 Å². The second kappa shape index (κ2) is 14.3. The second-order valence-corrected chi connectivity index (χ2v) is 16.4. The molecular formula is C35H45N5O10S. The fraction of sp³-hybridized carbons (Fsp3) is 0.571. The number of pyridine rings is 1. The fourth-order valence-electron chi connectivity index (χ4n) is 7.13. The van der Waals surface area contributed by atoms with E-state index in [0.29, 0.717) is 49.7 Å². The van der Waals surface area contributed by atoms with Crippen LogP contribution in [-0.4, -0.2) is 103 Å². The van der Waals surface area contributed by atoms with Gasteiger partial charge < -0.3 is 34.9 Å². The topological polar surface area (TPSA) is 203 Å². The molecule has 15 nitrogen and oxygen atoms in total. The second-order valence-electron chi connectivity index (χ2n) is 14.2. The number of benzene rings is 1. The van der Waals surface area contributed by atoms with Crippen LogP contribution in [0.15, 0.2) is 42.6 Å². The summed E-state index contributed by atoms with van der Waals surface area (Å²) in [7, 11) is -0.966. The molecule has 2 saturated carbocycles. The summed E-state index contributed by atoms with van der Waals surface area (Å²) in [6.07, 6.45) is 6.65. The highest BCUT2D eigenvalue weighted by Gasteiger charge is 2.63. The van der Waals surface area contributed by atoms with Crippen molar-refractivity contribution >= 4 is 44.6 Å². The SMILES string of the molecule is COC[C@@H]1CCCCC=C[C@@H]2C[C@@]2(C(=O)NS(=O)(=O)C2(C)CC2)NC(=O)[C@@H]2C[C@@H](Oc3nccc4cc(OC)ccc34)CN2C(=O)[C@H]1NC(=O)O. The molecule has 1 aromatic carbocycles. The van der Waals surface area contributed by atoms with Gasteiger partial charge in [-0.05, 0) is 75.1 Å². The number of hydrogen-bond acceptors (Lipinski definition) is 10. The molecule has 6 rings (SSSR count). The Hall–Kier alpha value is -4.44. The number of ether oxygens (including phenoxy) is 3. The Morgan fingerprint density at radius 2 is 1.94 bits per heavy atom. The molecule has 2 aliphatic heterocycles. The van der Waals surface area contributed by atoms with E-state index in [1.165, 1.54) is 12.0 Å². The van der Waals surface area contributed by atoms with Gasteiger partial charge in [-0.15, -0.1) is 0 Å². The molecule has 0 spiro atoms. The van der Waals surface area contributed by atoms with Gasteiger partial charge in [-0.2, -0.15) is 0 Å². The first kappa shape index (κ1) is 36.4. The van der Waals surface area contributed by atoms with E-state index in [1.54, 1.807) is 38.4 Å². The summed E-state index contributed by atoms with van der Waals surface area (Å²) in [6.45, 7) is 1.58. The maximum atomic E-state index is 14.4. The van der Waals surface area contributed by atoms with Crippen LogP contribution in [0.25, 0.3) is 10.8 Å². The molecule has 4 amide bonds. The van der Waals surface area contributed by atoms with Crippen LogP contribution in [0.1, 0.15) is 58.3 Å². The first-order valence-corrected chi connectivity index (χ1v) is 18.7. The predicted octanol–water partition coefficient (Wildman–Crippen LogP) is 2.49. The van der Waals surface area contributed by atoms with Crippen molar-refractivity contribution in [1.82, 2.24) is 25.2 Å². The highest BCUT2D eigenvalue weighted by Crippen LogP contribution is 2.47. The third-order valence-corrected chi connectivity index (χ3v) is 12.8. The van der Waals surface area contributed by atoms with E-state index in [1.807, 2.05) is 18.2 Å². The lowest BCUT2D eigenvalue weighted by Crippen LogP contribution is -2.59. The van der Waals surface area contributed by atoms with Gasteiger partial charge in [0.25, 0.3) is 5.91 Å². The van der Waals surface area contributed by atoms with E-state index in [4.69, 9.17) is 14.2 Å². The number of carbonyl (C=O) groups is 4. The van der Waals surface area contributed by atoms with Gasteiger partial charge in [-0.1, -0.05) is 18.6 Å². The molecule has 0 radical (unpaired) electrons. The molecule has 2 aliphatic carbocycles. The normalized spacial score (nSPS) is 29.1. The number of nitrogens with zero attached hydrogens (tertiary/aromatic N) is 2. The molecule has 6 atom stereocenters. The molecular weight excluding hydrogens is 682 g/mol. The van der Waals surface area contributed by atoms with Gasteiger partial charge >= 0.3 is 6.09 Å². The average Bonchev–Trinajstić information content (AvgIpc) is 3.97. The van der Waals surface area contributed by atoms with Crippen LogP contribution in [0.3, 0.4) is 0 Å². The average molecular weight is 728 g/mol. The van der Waals surface area contributed by atoms with Crippen LogP contribution in [-0.2, 0) is 29.1 Å². The number of hydrogen-bond donors (Lipinski definition) is 4. The van der Waals surface area contributed by atoms with Gasteiger partial charge in [0.15, 0.2) is 0 Å². The Kier molecular flexibility index (Phi) is 10.2. The molecule has 1 aromatic heterocycles. The Morgan fingerprint density at radius 1 is 1.16 bits per heavy atom. The maximum Gasteiger partial charge on any atom is 0.405 e. The summed E-state index contributed by atoms with van der Waals surface area (Å²) >= 11 is 0. The Bertz CT molecular complexity index is 1830. The number of fused-ring (bicyclic) bond motifs is 3. The van der Waals surface area contributed by atoms with Crippen molar-refractivity contribution in [3.8, 4) is 11.6 Å². The van der Waals surface area contributed by atoms with Crippen LogP contribution in [0.4, 0.5) is 4.79 Å². The van der Waals surface area contributed by atoms with Gasteiger partial charge in [0.2, 0.25) is 27.7 Å². The number of rotatable bonds is 9. The molecule has 0 unspecified atom stereocenters. The zero-order chi connectivity index (χ0) is 36.6. The molecule has 1 saturated heterocycles. The summed E-state index contributed by atoms with van der Waals surface area (Å²) in [5.41, 5.74) is -1.55. The highest BCUT2D eigenvalue weighted by molar-refractivity contribution is 7.91. The summed E-state index contributed by atoms with van der Waals surface area (Å²) in [5, 5.41) is 16.5. The molecule has 2 aromatic rings. The number of sulfonamides is 1. The predicted molar refractivity (Wildman–Crippen MR) is 184 cm³/mol. The van der Waals surface area contributed by atoms with Crippen LogP contribution in [0.2, 0.25) is 0 Å². The first-order chi connectivity index (χ1) is 24.3. The molecule has 51 heavy (non-hydrogen) atoms. The van der Waals surface area contributed by atoms with E-state index in [0.717, 1.165) is 5.39 Å². The molecule has 4 N–H and O–H groups in total. The molecule has 16 heteroatoms. The largest absolute Gasteiger partial charge is 0.497 e. The minimum atomic E-state index is -4.00. The zero-order valence-corrected chi connectivity index (χ0v) is 29.7. The van der Waals surface area contributed by atoms with Gasteiger partial charge in [0.1, 0.15) is 29.5 Å². The van der Waals surface area contributed by atoms with Gasteiger partial charge in [-0.25, -0.2) is 18.2 Å². The molecule has 3 fully saturated rings. The summed E-state index contributed by atoms with van der Waals surface area (Å²) in [6, 6.07) is 4.76. The quantitative estimate of drug-likeness (QED) is 0.277. The third kappa shape index (κ3) is 7.47. The van der Waals surface area contributed by atoms with Crippen molar-refractivity contribution in [2.75, 3.05) is 27.4 Å². The lowest BCUT2D eigenvalue weighted by atomic mass is 9.92. The van der Waals surface area contributed by atoms with Crippen molar-refractivity contribution in [3.05, 3.63) is 42.6 Å². The van der Waals surface area contributed by atoms with Gasteiger partial charge in [0, 0.05) is 36.9 Å². The van der Waals surface area contributed by atoms with Crippen molar-refractivity contribution in [1.29, 1.82) is 0 Å².